The smallest absolute Gasteiger partial charge is 0.411 e. The van der Waals surface area contributed by atoms with Crippen molar-refractivity contribution in [2.24, 2.45) is 0 Å². The Balaban J connectivity index is -0.000000372. The molecule has 0 aromatic carbocycles. The van der Waals surface area contributed by atoms with Crippen LogP contribution in [0.3, 0.4) is 0 Å². The normalized spacial score (nSPS) is 9.44. The fraction of sp³-hybridized carbons (Fsp3) is 0.889. The van der Waals surface area contributed by atoms with Gasteiger partial charge in [-0.3, -0.25) is 0 Å². The number of thiocarbonyl (C=S) groups is 2. The minimum atomic E-state index is 0. The summed E-state index contributed by atoms with van der Waals surface area (Å²) in [5, 5.41) is 0. The van der Waals surface area contributed by atoms with Crippen LogP contribution in [0.1, 0.15) is 79.1 Å². The van der Waals surface area contributed by atoms with E-state index < -0.39 is 0 Å². The zero-order valence-electron chi connectivity index (χ0n) is 16.7. The number of hydrogen-bond acceptors (Lipinski definition) is 4. The molecule has 0 aromatic heterocycles. The molecule has 0 fully saturated rings. The van der Waals surface area contributed by atoms with Gasteiger partial charge in [0.25, 0.3) is 0 Å². The van der Waals surface area contributed by atoms with Crippen molar-refractivity contribution in [1.29, 1.82) is 0 Å². The van der Waals surface area contributed by atoms with Gasteiger partial charge in [-0.05, 0) is 25.7 Å². The largest absolute Gasteiger partial charge is 2.00 e. The Kier molecular flexibility index (Phi) is 28.6. The first-order valence-electron chi connectivity index (χ1n) is 9.36. The van der Waals surface area contributed by atoms with E-state index in [4.69, 9.17) is 49.7 Å². The van der Waals surface area contributed by atoms with Gasteiger partial charge < -0.3 is 59.5 Å². The monoisotopic (exact) mass is 522 g/mol. The quantitative estimate of drug-likeness (QED) is 0.191. The van der Waals surface area contributed by atoms with Gasteiger partial charge in [0.1, 0.15) is 0 Å². The average molecular weight is 521 g/mol. The van der Waals surface area contributed by atoms with Gasteiger partial charge in [-0.1, -0.05) is 62.0 Å². The molecule has 0 rings (SSSR count). The van der Waals surface area contributed by atoms with Crippen molar-refractivity contribution < 1.29 is 27.3 Å². The molecule has 0 atom stereocenters. The maximum Gasteiger partial charge on any atom is 2.00 e. The fourth-order valence-electron chi connectivity index (χ4n) is 1.98. The van der Waals surface area contributed by atoms with E-state index in [0.29, 0.717) is 8.64 Å². The third kappa shape index (κ3) is 21.3. The molecular weight excluding hydrogens is 485 g/mol. The Morgan fingerprint density at radius 2 is 0.800 bits per heavy atom. The van der Waals surface area contributed by atoms with E-state index in [1.165, 1.54) is 51.4 Å². The molecule has 0 aliphatic rings. The first-order valence-corrected chi connectivity index (χ1v) is 11.0. The number of nitrogens with zero attached hydrogens (tertiary/aromatic N) is 2. The van der Waals surface area contributed by atoms with Gasteiger partial charge in [-0.25, -0.2) is 0 Å². The topological polar surface area (TPSA) is 6.48 Å². The molecule has 0 radical (unpaired) electrons. The molecule has 0 amide bonds. The summed E-state index contributed by atoms with van der Waals surface area (Å²) >= 11 is 19.9. The van der Waals surface area contributed by atoms with Crippen LogP contribution in [0.2, 0.25) is 0 Å². The summed E-state index contributed by atoms with van der Waals surface area (Å²) in [7, 11) is 0. The molecule has 0 aliphatic carbocycles. The SMILES string of the molecule is CCCCN(CCCC)C(=S)[S-].CCCCN(CCCC)C(=S)[S-].[Cd+2]. The van der Waals surface area contributed by atoms with Gasteiger partial charge in [0.2, 0.25) is 0 Å². The summed E-state index contributed by atoms with van der Waals surface area (Å²) in [6.07, 6.45) is 9.62. The van der Waals surface area contributed by atoms with Crippen molar-refractivity contribution in [3.05, 3.63) is 0 Å². The maximum absolute atomic E-state index is 4.98. The number of rotatable bonds is 12. The predicted octanol–water partition coefficient (Wildman–Crippen LogP) is 5.44. The molecule has 2 nitrogen and oxygen atoms in total. The first kappa shape index (κ1) is 30.9. The summed E-state index contributed by atoms with van der Waals surface area (Å²) < 4.78 is 1.27. The second-order valence-corrected chi connectivity index (χ2v) is 7.98. The van der Waals surface area contributed by atoms with Crippen LogP contribution < -0.4 is 0 Å². The molecule has 0 saturated carbocycles. The predicted molar refractivity (Wildman–Crippen MR) is 123 cm³/mol. The molecule has 0 spiro atoms. The second kappa shape index (κ2) is 23.2. The Labute approximate surface area is 199 Å². The number of hydrogen-bond donors (Lipinski definition) is 0. The molecule has 0 saturated heterocycles. The molecule has 0 N–H and O–H groups in total. The molecule has 144 valence electrons. The molecule has 0 aromatic rings. The van der Waals surface area contributed by atoms with Crippen molar-refractivity contribution in [2.45, 2.75) is 79.1 Å². The van der Waals surface area contributed by atoms with Crippen LogP contribution in [0.25, 0.3) is 0 Å². The summed E-state index contributed by atoms with van der Waals surface area (Å²) in [5.41, 5.74) is 0. The summed E-state index contributed by atoms with van der Waals surface area (Å²) in [4.78, 5) is 4.27. The third-order valence-corrected chi connectivity index (χ3v) is 4.68. The summed E-state index contributed by atoms with van der Waals surface area (Å²) in [6, 6.07) is 0. The Morgan fingerprint density at radius 3 is 0.920 bits per heavy atom. The molecule has 7 heteroatoms. The van der Waals surface area contributed by atoms with E-state index in [-0.39, 0.29) is 27.3 Å². The standard InChI is InChI=1S/2C9H19NS2.Cd/c2*1-3-5-7-10(9(11)12)8-6-4-2;/h2*3-8H2,1-2H3,(H,11,12);/q;;+2/p-2. The van der Waals surface area contributed by atoms with E-state index in [1.807, 2.05) is 0 Å². The average Bonchev–Trinajstić information content (AvgIpc) is 2.55. The minimum absolute atomic E-state index is 0. The maximum atomic E-state index is 4.98. The van der Waals surface area contributed by atoms with Crippen LogP contribution in [-0.2, 0) is 52.6 Å². The van der Waals surface area contributed by atoms with E-state index in [2.05, 4.69) is 37.5 Å². The molecule has 0 bridgehead atoms. The minimum Gasteiger partial charge on any atom is -0.411 e. The molecule has 25 heavy (non-hydrogen) atoms. The fourth-order valence-corrected chi connectivity index (χ4v) is 2.71. The van der Waals surface area contributed by atoms with E-state index in [9.17, 15) is 0 Å². The molecule has 0 heterocycles. The van der Waals surface area contributed by atoms with Crippen molar-refractivity contribution in [2.75, 3.05) is 26.2 Å². The van der Waals surface area contributed by atoms with Gasteiger partial charge in [0.15, 0.2) is 0 Å². The van der Waals surface area contributed by atoms with Crippen LogP contribution in [0, 0.1) is 0 Å². The van der Waals surface area contributed by atoms with Crippen molar-refractivity contribution in [3.8, 4) is 0 Å². The van der Waals surface area contributed by atoms with Crippen molar-refractivity contribution in [1.82, 2.24) is 9.80 Å². The summed E-state index contributed by atoms with van der Waals surface area (Å²) in [6.45, 7) is 12.9. The van der Waals surface area contributed by atoms with E-state index >= 15 is 0 Å². The third-order valence-electron chi connectivity index (χ3n) is 3.64. The van der Waals surface area contributed by atoms with Crippen LogP contribution in [0.15, 0.2) is 0 Å². The summed E-state index contributed by atoms with van der Waals surface area (Å²) in [5.74, 6) is 0. The van der Waals surface area contributed by atoms with Gasteiger partial charge >= 0.3 is 27.3 Å². The zero-order chi connectivity index (χ0) is 18.8. The van der Waals surface area contributed by atoms with Crippen LogP contribution in [-0.4, -0.2) is 44.6 Å². The zero-order valence-corrected chi connectivity index (χ0v) is 24.0. The van der Waals surface area contributed by atoms with Gasteiger partial charge in [0, 0.05) is 26.2 Å². The van der Waals surface area contributed by atoms with Gasteiger partial charge in [-0.15, -0.1) is 0 Å². The van der Waals surface area contributed by atoms with Crippen LogP contribution in [0.5, 0.6) is 0 Å². The molecular formula is C18H36CdN2S4. The van der Waals surface area contributed by atoms with E-state index in [0.717, 1.165) is 26.2 Å². The van der Waals surface area contributed by atoms with Gasteiger partial charge in [0.05, 0.1) is 0 Å². The Hall–Kier alpha value is 1.14. The Morgan fingerprint density at radius 1 is 0.600 bits per heavy atom. The number of unbranched alkanes of at least 4 members (excludes halogenated alkanes) is 4. The van der Waals surface area contributed by atoms with Crippen molar-refractivity contribution >= 4 is 58.3 Å². The van der Waals surface area contributed by atoms with E-state index in [1.54, 1.807) is 0 Å². The Bertz CT molecular complexity index is 271. The molecule has 0 aliphatic heterocycles. The van der Waals surface area contributed by atoms with Crippen LogP contribution >= 0.6 is 24.4 Å². The van der Waals surface area contributed by atoms with Gasteiger partial charge in [-0.2, -0.15) is 0 Å². The first-order chi connectivity index (χ1) is 11.4. The van der Waals surface area contributed by atoms with Crippen LogP contribution in [0.4, 0.5) is 0 Å². The van der Waals surface area contributed by atoms with Crippen molar-refractivity contribution in [3.63, 3.8) is 0 Å². The molecule has 0 unspecified atom stereocenters. The second-order valence-electron chi connectivity index (χ2n) is 5.92.